The molecule has 0 heterocycles. The van der Waals surface area contributed by atoms with Crippen LogP contribution in [0, 0.1) is 0 Å². The third-order valence-corrected chi connectivity index (χ3v) is 6.88. The summed E-state index contributed by atoms with van der Waals surface area (Å²) in [6, 6.07) is 8.25. The molecule has 0 radical (unpaired) electrons. The molecule has 0 aliphatic carbocycles. The highest BCUT2D eigenvalue weighted by atomic mass is 31.2. The van der Waals surface area contributed by atoms with Crippen LogP contribution in [0.5, 0.6) is 11.5 Å². The number of hydrogen-bond acceptors (Lipinski definition) is 3. The van der Waals surface area contributed by atoms with E-state index in [1.54, 1.807) is 0 Å². The van der Waals surface area contributed by atoms with Crippen molar-refractivity contribution in [2.24, 2.45) is 0 Å². The van der Waals surface area contributed by atoms with Crippen LogP contribution in [0.25, 0.3) is 0 Å². The first kappa shape index (κ1) is 29.4. The molecule has 2 aromatic rings. The smallest absolute Gasteiger partial charge is 0.507 e. The van der Waals surface area contributed by atoms with Gasteiger partial charge < -0.3 is 9.63 Å². The number of phosphoric acid groups is 1. The number of aromatic hydroxyl groups is 1. The van der Waals surface area contributed by atoms with Gasteiger partial charge in [0.2, 0.25) is 0 Å². The maximum absolute atomic E-state index is 11.9. The van der Waals surface area contributed by atoms with Crippen molar-refractivity contribution in [2.75, 3.05) is 0 Å². The van der Waals surface area contributed by atoms with Crippen molar-refractivity contribution in [3.8, 4) is 11.5 Å². The van der Waals surface area contributed by atoms with Gasteiger partial charge in [0.1, 0.15) is 11.5 Å². The Kier molecular flexibility index (Phi) is 12.3. The molecule has 0 atom stereocenters. The van der Waals surface area contributed by atoms with E-state index in [9.17, 15) is 19.5 Å². The largest absolute Gasteiger partial charge is 0.524 e. The summed E-state index contributed by atoms with van der Waals surface area (Å²) in [6.07, 6.45) is 12.0. The van der Waals surface area contributed by atoms with Crippen molar-refractivity contribution >= 4 is 7.82 Å². The molecule has 2 rings (SSSR count). The van der Waals surface area contributed by atoms with E-state index in [1.165, 1.54) is 5.56 Å². The first-order valence-corrected chi connectivity index (χ1v) is 15.0. The fourth-order valence-corrected chi connectivity index (χ4v) is 5.00. The number of phosphoric ester groups is 1. The predicted molar refractivity (Wildman–Crippen MR) is 144 cm³/mol. The Morgan fingerprint density at radius 2 is 1.09 bits per heavy atom. The molecule has 0 bridgehead atoms. The quantitative estimate of drug-likeness (QED) is 0.203. The van der Waals surface area contributed by atoms with Crippen LogP contribution in [0.4, 0.5) is 0 Å². The van der Waals surface area contributed by atoms with Crippen LogP contribution in [-0.4, -0.2) is 14.9 Å². The van der Waals surface area contributed by atoms with Crippen LogP contribution in [-0.2, 0) is 36.7 Å². The van der Waals surface area contributed by atoms with Gasteiger partial charge in [0.05, 0.1) is 0 Å². The Morgan fingerprint density at radius 3 is 1.60 bits per heavy atom. The molecule has 6 heteroatoms. The number of hydrogen-bond donors (Lipinski definition) is 3. The van der Waals surface area contributed by atoms with Crippen LogP contribution in [0.3, 0.4) is 0 Å². The monoisotopic (exact) mass is 504 g/mol. The average molecular weight is 505 g/mol. The van der Waals surface area contributed by atoms with E-state index in [-0.39, 0.29) is 5.75 Å². The van der Waals surface area contributed by atoms with Crippen molar-refractivity contribution < 1.29 is 24.0 Å². The molecular formula is C29H45O5P. The average Bonchev–Trinajstić information content (AvgIpc) is 2.81. The van der Waals surface area contributed by atoms with E-state index in [2.05, 4.69) is 39.8 Å². The molecule has 5 nitrogen and oxygen atoms in total. The lowest BCUT2D eigenvalue weighted by molar-refractivity contribution is 0.281. The van der Waals surface area contributed by atoms with Gasteiger partial charge in [0, 0.05) is 6.42 Å². The second-order valence-electron chi connectivity index (χ2n) is 9.68. The van der Waals surface area contributed by atoms with E-state index in [1.807, 2.05) is 12.1 Å². The fourth-order valence-electron chi connectivity index (χ4n) is 4.53. The molecule has 0 saturated carbocycles. The van der Waals surface area contributed by atoms with E-state index >= 15 is 0 Å². The van der Waals surface area contributed by atoms with Gasteiger partial charge in [0.25, 0.3) is 0 Å². The molecular weight excluding hydrogens is 459 g/mol. The molecule has 2 aromatic carbocycles. The van der Waals surface area contributed by atoms with Crippen molar-refractivity contribution in [3.05, 3.63) is 57.6 Å². The topological polar surface area (TPSA) is 87.0 Å². The molecule has 196 valence electrons. The highest BCUT2D eigenvalue weighted by Crippen LogP contribution is 2.43. The summed E-state index contributed by atoms with van der Waals surface area (Å²) in [5.74, 6) is 0.579. The molecule has 0 fully saturated rings. The second kappa shape index (κ2) is 14.7. The van der Waals surface area contributed by atoms with Gasteiger partial charge >= 0.3 is 7.82 Å². The molecule has 0 aliphatic rings. The summed E-state index contributed by atoms with van der Waals surface area (Å²) in [5.41, 5.74) is 5.69. The van der Waals surface area contributed by atoms with Gasteiger partial charge in [0.15, 0.2) is 0 Å². The van der Waals surface area contributed by atoms with Gasteiger partial charge in [-0.1, -0.05) is 77.6 Å². The lowest BCUT2D eigenvalue weighted by atomic mass is 9.91. The van der Waals surface area contributed by atoms with E-state index < -0.39 is 7.82 Å². The molecule has 3 N–H and O–H groups in total. The normalized spacial score (nSPS) is 11.7. The second-order valence-corrected chi connectivity index (χ2v) is 10.8. The van der Waals surface area contributed by atoms with Gasteiger partial charge in [-0.25, -0.2) is 4.57 Å². The van der Waals surface area contributed by atoms with Gasteiger partial charge in [-0.2, -0.15) is 0 Å². The van der Waals surface area contributed by atoms with Gasteiger partial charge in [-0.3, -0.25) is 9.79 Å². The Hall–Kier alpha value is -1.81. The molecule has 0 aliphatic heterocycles. The maximum Gasteiger partial charge on any atom is 0.524 e. The molecule has 0 saturated heterocycles. The highest BCUT2D eigenvalue weighted by molar-refractivity contribution is 7.46. The lowest BCUT2D eigenvalue weighted by Gasteiger charge is -2.20. The van der Waals surface area contributed by atoms with E-state index in [0.717, 1.165) is 98.4 Å². The third-order valence-electron chi connectivity index (χ3n) is 6.46. The van der Waals surface area contributed by atoms with Gasteiger partial charge in [-0.05, 0) is 84.7 Å². The number of phenolic OH excluding ortho intramolecular Hbond substituents is 1. The molecule has 0 aromatic heterocycles. The summed E-state index contributed by atoms with van der Waals surface area (Å²) in [5, 5.41) is 11.2. The van der Waals surface area contributed by atoms with Crippen molar-refractivity contribution in [3.63, 3.8) is 0 Å². The Balaban J connectivity index is 2.62. The number of unbranched alkanes of at least 4 members (excludes halogenated alkanes) is 4. The van der Waals surface area contributed by atoms with Crippen LogP contribution in [0.2, 0.25) is 0 Å². The lowest BCUT2D eigenvalue weighted by Crippen LogP contribution is -2.04. The Morgan fingerprint density at radius 1 is 0.657 bits per heavy atom. The van der Waals surface area contributed by atoms with E-state index in [4.69, 9.17) is 4.52 Å². The maximum atomic E-state index is 11.9. The number of benzene rings is 2. The Bertz CT molecular complexity index is 980. The zero-order valence-electron chi connectivity index (χ0n) is 22.1. The third kappa shape index (κ3) is 9.63. The van der Waals surface area contributed by atoms with Crippen LogP contribution < -0.4 is 4.52 Å². The zero-order chi connectivity index (χ0) is 25.8. The van der Waals surface area contributed by atoms with Gasteiger partial charge in [-0.15, -0.1) is 0 Å². The zero-order valence-corrected chi connectivity index (χ0v) is 23.0. The molecule has 0 amide bonds. The van der Waals surface area contributed by atoms with Crippen LogP contribution in [0.15, 0.2) is 24.3 Å². The summed E-state index contributed by atoms with van der Waals surface area (Å²) >= 11 is 0. The molecule has 0 unspecified atom stereocenters. The fraction of sp³-hybridized carbons (Fsp3) is 0.586. The minimum absolute atomic E-state index is 0.278. The summed E-state index contributed by atoms with van der Waals surface area (Å²) in [6.45, 7) is 8.57. The number of rotatable bonds is 16. The van der Waals surface area contributed by atoms with Crippen molar-refractivity contribution in [1.82, 2.24) is 0 Å². The SMILES string of the molecule is CCCCc1cc(CCCC)c(O)c(Cc2cc(CCCC)cc(CCCC)c2OP(=O)(O)O)c1. The van der Waals surface area contributed by atoms with E-state index in [0.29, 0.717) is 18.6 Å². The van der Waals surface area contributed by atoms with Crippen molar-refractivity contribution in [1.29, 1.82) is 0 Å². The molecule has 0 spiro atoms. The highest BCUT2D eigenvalue weighted by Gasteiger charge is 2.23. The number of phenols is 1. The first-order valence-electron chi connectivity index (χ1n) is 13.5. The summed E-state index contributed by atoms with van der Waals surface area (Å²) in [7, 11) is -4.74. The van der Waals surface area contributed by atoms with Crippen LogP contribution >= 0.6 is 7.82 Å². The van der Waals surface area contributed by atoms with Crippen LogP contribution in [0.1, 0.15) is 112 Å². The van der Waals surface area contributed by atoms with Crippen molar-refractivity contribution in [2.45, 2.75) is 111 Å². The predicted octanol–water partition coefficient (Wildman–Crippen LogP) is 7.82. The minimum atomic E-state index is -4.74. The minimum Gasteiger partial charge on any atom is -0.507 e. The number of aryl methyl sites for hydroxylation is 4. The summed E-state index contributed by atoms with van der Waals surface area (Å²) in [4.78, 5) is 19.4. The molecule has 35 heavy (non-hydrogen) atoms. The first-order chi connectivity index (χ1) is 16.7. The standard InChI is InChI=1S/C29H45O5P/c1-5-9-13-22-17-24(15-11-7-3)28(30)26(19-22)21-27-20-23(14-10-6-2)18-25(16-12-8-4)29(27)34-35(31,32)33/h17-20,30H,5-16,21H2,1-4H3,(H2,31,32,33). The Labute approximate surface area is 212 Å². The summed E-state index contributed by atoms with van der Waals surface area (Å²) < 4.78 is 17.2.